The summed E-state index contributed by atoms with van der Waals surface area (Å²) >= 11 is 0. The van der Waals surface area contributed by atoms with Crippen molar-refractivity contribution in [3.05, 3.63) is 54.0 Å². The van der Waals surface area contributed by atoms with Gasteiger partial charge in [0.1, 0.15) is 17.2 Å². The van der Waals surface area contributed by atoms with Gasteiger partial charge in [-0.1, -0.05) is 6.07 Å². The van der Waals surface area contributed by atoms with Crippen LogP contribution in [0.4, 0.5) is 19.0 Å². The van der Waals surface area contributed by atoms with Gasteiger partial charge in [-0.05, 0) is 24.3 Å². The summed E-state index contributed by atoms with van der Waals surface area (Å²) in [5.41, 5.74) is -0.146. The van der Waals surface area contributed by atoms with E-state index in [1.54, 1.807) is 18.3 Å². The summed E-state index contributed by atoms with van der Waals surface area (Å²) in [7, 11) is 0. The second-order valence-corrected chi connectivity index (χ2v) is 6.33. The van der Waals surface area contributed by atoms with Crippen molar-refractivity contribution in [3.63, 3.8) is 0 Å². The van der Waals surface area contributed by atoms with Crippen LogP contribution in [0.3, 0.4) is 0 Å². The lowest BCUT2D eigenvalue weighted by atomic mass is 10.1. The van der Waals surface area contributed by atoms with Crippen LogP contribution in [0.25, 0.3) is 11.0 Å². The molecule has 0 unspecified atom stereocenters. The molecule has 4 heterocycles. The maximum atomic E-state index is 13.4. The summed E-state index contributed by atoms with van der Waals surface area (Å²) in [4.78, 5) is 15.0. The summed E-state index contributed by atoms with van der Waals surface area (Å²) in [6, 6.07) is 9.10. The highest BCUT2D eigenvalue weighted by Gasteiger charge is 2.37. The van der Waals surface area contributed by atoms with Gasteiger partial charge in [0, 0.05) is 56.1 Å². The Morgan fingerprint density at radius 1 is 0.962 bits per heavy atom. The number of alkyl halides is 3. The van der Waals surface area contributed by atoms with Crippen molar-refractivity contribution >= 4 is 16.9 Å². The molecule has 1 aliphatic heterocycles. The maximum Gasteiger partial charge on any atom is 0.431 e. The first kappa shape index (κ1) is 16.8. The molecule has 0 bridgehead atoms. The monoisotopic (exact) mass is 361 g/mol. The fourth-order valence-corrected chi connectivity index (χ4v) is 3.38. The number of nitrogens with zero attached hydrogens (tertiary/aromatic N) is 4. The zero-order chi connectivity index (χ0) is 18.1. The van der Waals surface area contributed by atoms with E-state index < -0.39 is 11.9 Å². The number of aromatic amines is 1. The van der Waals surface area contributed by atoms with Crippen molar-refractivity contribution in [1.29, 1.82) is 0 Å². The number of fused-ring (bicyclic) bond motifs is 1. The number of hydrogen-bond donors (Lipinski definition) is 1. The van der Waals surface area contributed by atoms with E-state index in [4.69, 9.17) is 0 Å². The van der Waals surface area contributed by atoms with Gasteiger partial charge in [-0.2, -0.15) is 13.2 Å². The first-order valence-corrected chi connectivity index (χ1v) is 8.43. The number of pyridine rings is 2. The summed E-state index contributed by atoms with van der Waals surface area (Å²) in [5, 5.41) is 0.534. The normalized spacial score (nSPS) is 16.3. The largest absolute Gasteiger partial charge is 0.431 e. The number of aromatic nitrogens is 3. The summed E-state index contributed by atoms with van der Waals surface area (Å²) in [6.45, 7) is 3.08. The lowest BCUT2D eigenvalue weighted by Crippen LogP contribution is -2.46. The van der Waals surface area contributed by atoms with Crippen LogP contribution in [0, 0.1) is 0 Å². The number of piperazine rings is 1. The summed E-state index contributed by atoms with van der Waals surface area (Å²) < 4.78 is 40.3. The number of nitrogens with one attached hydrogen (secondary N) is 1. The van der Waals surface area contributed by atoms with Crippen LogP contribution in [-0.2, 0) is 12.7 Å². The predicted octanol–water partition coefficient (Wildman–Crippen LogP) is 3.30. The molecule has 0 aliphatic carbocycles. The number of hydrogen-bond acceptors (Lipinski definition) is 4. The van der Waals surface area contributed by atoms with Crippen molar-refractivity contribution in [2.75, 3.05) is 31.1 Å². The highest BCUT2D eigenvalue weighted by Crippen LogP contribution is 2.35. The van der Waals surface area contributed by atoms with Gasteiger partial charge >= 0.3 is 6.18 Å². The summed E-state index contributed by atoms with van der Waals surface area (Å²) in [5.74, 6) is 0.902. The van der Waals surface area contributed by atoms with Gasteiger partial charge in [-0.3, -0.25) is 4.90 Å². The maximum absolute atomic E-state index is 13.4. The van der Waals surface area contributed by atoms with Crippen LogP contribution in [-0.4, -0.2) is 46.0 Å². The zero-order valence-electron chi connectivity index (χ0n) is 14.0. The van der Waals surface area contributed by atoms with Crippen LogP contribution in [0.5, 0.6) is 0 Å². The first-order valence-electron chi connectivity index (χ1n) is 8.43. The molecular formula is C18H18F3N5. The topological polar surface area (TPSA) is 48.1 Å². The number of rotatable bonds is 3. The van der Waals surface area contributed by atoms with Gasteiger partial charge in [-0.15, -0.1) is 0 Å². The van der Waals surface area contributed by atoms with Crippen LogP contribution in [0.2, 0.25) is 0 Å². The number of anilines is 1. The Hall–Kier alpha value is -2.61. The molecule has 1 aliphatic rings. The van der Waals surface area contributed by atoms with Crippen molar-refractivity contribution in [2.24, 2.45) is 0 Å². The molecule has 0 aromatic carbocycles. The first-order chi connectivity index (χ1) is 12.5. The SMILES string of the molecule is FC(F)(F)c1[nH]c2ncccc2c1CN1CCN(c2ccccn2)CC1. The average Bonchev–Trinajstić information content (AvgIpc) is 3.02. The van der Waals surface area contributed by atoms with Gasteiger partial charge in [-0.25, -0.2) is 9.97 Å². The molecule has 0 spiro atoms. The van der Waals surface area contributed by atoms with E-state index in [1.165, 1.54) is 6.20 Å². The van der Waals surface area contributed by atoms with Crippen LogP contribution in [0.1, 0.15) is 11.3 Å². The number of halogens is 3. The van der Waals surface area contributed by atoms with Gasteiger partial charge in [0.25, 0.3) is 0 Å². The van der Waals surface area contributed by atoms with E-state index in [2.05, 4.69) is 19.9 Å². The summed E-state index contributed by atoms with van der Waals surface area (Å²) in [6.07, 6.45) is -1.18. The molecular weight excluding hydrogens is 343 g/mol. The molecule has 1 fully saturated rings. The Balaban J connectivity index is 1.53. The Kier molecular flexibility index (Phi) is 4.28. The van der Waals surface area contributed by atoms with E-state index in [1.807, 2.05) is 23.1 Å². The third-order valence-electron chi connectivity index (χ3n) is 4.69. The van der Waals surface area contributed by atoms with Crippen molar-refractivity contribution in [3.8, 4) is 0 Å². The molecule has 136 valence electrons. The Morgan fingerprint density at radius 2 is 1.73 bits per heavy atom. The molecule has 26 heavy (non-hydrogen) atoms. The molecule has 4 rings (SSSR count). The fraction of sp³-hybridized carbons (Fsp3) is 0.333. The Morgan fingerprint density at radius 3 is 2.42 bits per heavy atom. The lowest BCUT2D eigenvalue weighted by Gasteiger charge is -2.35. The highest BCUT2D eigenvalue weighted by molar-refractivity contribution is 5.81. The highest BCUT2D eigenvalue weighted by atomic mass is 19.4. The molecule has 0 radical (unpaired) electrons. The lowest BCUT2D eigenvalue weighted by molar-refractivity contribution is -0.141. The van der Waals surface area contributed by atoms with E-state index in [0.29, 0.717) is 18.5 Å². The fourth-order valence-electron chi connectivity index (χ4n) is 3.38. The average molecular weight is 361 g/mol. The minimum absolute atomic E-state index is 0.247. The second-order valence-electron chi connectivity index (χ2n) is 6.33. The second kappa shape index (κ2) is 6.60. The van der Waals surface area contributed by atoms with E-state index in [9.17, 15) is 13.2 Å². The number of H-pyrrole nitrogens is 1. The van der Waals surface area contributed by atoms with Gasteiger partial charge < -0.3 is 9.88 Å². The Labute approximate surface area is 148 Å². The zero-order valence-corrected chi connectivity index (χ0v) is 14.0. The Bertz CT molecular complexity index is 883. The quantitative estimate of drug-likeness (QED) is 0.778. The molecule has 1 saturated heterocycles. The minimum atomic E-state index is -4.42. The third kappa shape index (κ3) is 3.24. The van der Waals surface area contributed by atoms with E-state index in [0.717, 1.165) is 18.9 Å². The molecule has 1 N–H and O–H groups in total. The predicted molar refractivity (Wildman–Crippen MR) is 92.8 cm³/mol. The van der Waals surface area contributed by atoms with Gasteiger partial charge in [0.05, 0.1) is 0 Å². The van der Waals surface area contributed by atoms with Crippen molar-refractivity contribution in [1.82, 2.24) is 19.9 Å². The molecule has 0 amide bonds. The van der Waals surface area contributed by atoms with Crippen LogP contribution >= 0.6 is 0 Å². The third-order valence-corrected chi connectivity index (χ3v) is 4.69. The van der Waals surface area contributed by atoms with E-state index >= 15 is 0 Å². The molecule has 3 aromatic rings. The molecule has 5 nitrogen and oxygen atoms in total. The molecule has 3 aromatic heterocycles. The molecule has 0 atom stereocenters. The molecule has 0 saturated carbocycles. The van der Waals surface area contributed by atoms with Crippen LogP contribution < -0.4 is 4.90 Å². The van der Waals surface area contributed by atoms with Gasteiger partial charge in [0.15, 0.2) is 0 Å². The standard InChI is InChI=1S/C18H18F3N5/c19-18(20,21)16-14(13-4-3-7-23-17(13)24-16)12-25-8-10-26(11-9-25)15-5-1-2-6-22-15/h1-7H,8-12H2,(H,23,24). The smallest absolute Gasteiger partial charge is 0.354 e. The van der Waals surface area contributed by atoms with Crippen molar-refractivity contribution < 1.29 is 13.2 Å². The van der Waals surface area contributed by atoms with Crippen LogP contribution in [0.15, 0.2) is 42.7 Å². The molecule has 8 heteroatoms. The van der Waals surface area contributed by atoms with E-state index in [-0.39, 0.29) is 17.8 Å². The van der Waals surface area contributed by atoms with Crippen molar-refractivity contribution in [2.45, 2.75) is 12.7 Å². The minimum Gasteiger partial charge on any atom is -0.354 e. The van der Waals surface area contributed by atoms with Gasteiger partial charge in [0.2, 0.25) is 0 Å².